The van der Waals surface area contributed by atoms with E-state index in [1.807, 2.05) is 30.3 Å². The molecule has 0 saturated carbocycles. The van der Waals surface area contributed by atoms with Crippen LogP contribution in [0, 0.1) is 17.1 Å². The van der Waals surface area contributed by atoms with Crippen molar-refractivity contribution < 1.29 is 18.7 Å². The molecule has 0 saturated heterocycles. The van der Waals surface area contributed by atoms with Crippen LogP contribution in [-0.4, -0.2) is 18.2 Å². The van der Waals surface area contributed by atoms with Crippen LogP contribution in [-0.2, 0) is 16.8 Å². The molecule has 4 rings (SSSR count). The molecule has 3 aromatic carbocycles. The van der Waals surface area contributed by atoms with Crippen molar-refractivity contribution in [1.29, 1.82) is 5.26 Å². The van der Waals surface area contributed by atoms with Crippen LogP contribution in [0.5, 0.6) is 5.75 Å². The van der Waals surface area contributed by atoms with E-state index < -0.39 is 23.1 Å². The smallest absolute Gasteiger partial charge is 0.407 e. The lowest BCUT2D eigenvalue weighted by molar-refractivity contribution is 0.0415. The molecule has 0 radical (unpaired) electrons. The van der Waals surface area contributed by atoms with Gasteiger partial charge in [-0.25, -0.2) is 9.18 Å². The lowest BCUT2D eigenvalue weighted by Gasteiger charge is -2.30. The van der Waals surface area contributed by atoms with Gasteiger partial charge in [0.05, 0.1) is 18.2 Å². The van der Waals surface area contributed by atoms with Gasteiger partial charge in [0.2, 0.25) is 0 Å². The van der Waals surface area contributed by atoms with E-state index in [0.29, 0.717) is 28.3 Å². The molecule has 1 amide bonds. The summed E-state index contributed by atoms with van der Waals surface area (Å²) in [6.45, 7) is 5.48. The number of nitrogens with one attached hydrogen (secondary N) is 1. The molecule has 1 heterocycles. The van der Waals surface area contributed by atoms with Crippen LogP contribution in [0.25, 0.3) is 11.1 Å². The molecular formula is C27H24ClFN2O3. The van der Waals surface area contributed by atoms with E-state index in [4.69, 9.17) is 21.1 Å². The fourth-order valence-corrected chi connectivity index (χ4v) is 4.45. The molecule has 1 aliphatic heterocycles. The molecule has 5 nitrogen and oxygen atoms in total. The summed E-state index contributed by atoms with van der Waals surface area (Å²) in [6.07, 6.45) is -0.265. The molecule has 0 aromatic heterocycles. The van der Waals surface area contributed by atoms with Crippen LogP contribution in [0.3, 0.4) is 0 Å². The summed E-state index contributed by atoms with van der Waals surface area (Å²) >= 11 is 6.56. The first-order chi connectivity index (χ1) is 16.1. The van der Waals surface area contributed by atoms with Crippen molar-refractivity contribution in [2.45, 2.75) is 38.4 Å². The van der Waals surface area contributed by atoms with Gasteiger partial charge in [-0.2, -0.15) is 5.26 Å². The van der Waals surface area contributed by atoms with Crippen molar-refractivity contribution in [3.63, 3.8) is 0 Å². The summed E-state index contributed by atoms with van der Waals surface area (Å²) in [5, 5.41) is 12.7. The Labute approximate surface area is 203 Å². The van der Waals surface area contributed by atoms with Crippen molar-refractivity contribution >= 4 is 17.7 Å². The van der Waals surface area contributed by atoms with Crippen LogP contribution < -0.4 is 10.1 Å². The van der Waals surface area contributed by atoms with Gasteiger partial charge in [0.1, 0.15) is 17.2 Å². The molecule has 3 aromatic rings. The van der Waals surface area contributed by atoms with Gasteiger partial charge in [-0.15, -0.1) is 0 Å². The maximum absolute atomic E-state index is 15.0. The van der Waals surface area contributed by atoms with Gasteiger partial charge in [-0.1, -0.05) is 48.0 Å². The Morgan fingerprint density at radius 2 is 1.88 bits per heavy atom. The summed E-state index contributed by atoms with van der Waals surface area (Å²) in [7, 11) is 0. The predicted octanol–water partition coefficient (Wildman–Crippen LogP) is 6.37. The monoisotopic (exact) mass is 478 g/mol. The Balaban J connectivity index is 1.79. The highest BCUT2D eigenvalue weighted by Gasteiger charge is 2.43. The third-order valence-electron chi connectivity index (χ3n) is 5.59. The predicted molar refractivity (Wildman–Crippen MR) is 128 cm³/mol. The maximum atomic E-state index is 15.0. The van der Waals surface area contributed by atoms with Gasteiger partial charge in [0.25, 0.3) is 0 Å². The quantitative estimate of drug-likeness (QED) is 0.472. The lowest BCUT2D eigenvalue weighted by atomic mass is 9.85. The molecule has 0 bridgehead atoms. The van der Waals surface area contributed by atoms with E-state index >= 15 is 0 Å². The second kappa shape index (κ2) is 9.00. The summed E-state index contributed by atoms with van der Waals surface area (Å²) in [4.78, 5) is 12.4. The first-order valence-electron chi connectivity index (χ1n) is 10.9. The summed E-state index contributed by atoms with van der Waals surface area (Å²) in [5.74, 6) is -0.0279. The zero-order valence-corrected chi connectivity index (χ0v) is 19.9. The molecule has 7 heteroatoms. The van der Waals surface area contributed by atoms with E-state index in [2.05, 4.69) is 11.4 Å². The van der Waals surface area contributed by atoms with Crippen LogP contribution in [0.2, 0.25) is 5.02 Å². The average Bonchev–Trinajstić information content (AvgIpc) is 3.18. The maximum Gasteiger partial charge on any atom is 0.407 e. The van der Waals surface area contributed by atoms with E-state index in [-0.39, 0.29) is 17.7 Å². The third-order valence-corrected chi connectivity index (χ3v) is 5.90. The molecule has 174 valence electrons. The Morgan fingerprint density at radius 1 is 1.15 bits per heavy atom. The molecule has 1 N–H and O–H groups in total. The van der Waals surface area contributed by atoms with Crippen molar-refractivity contribution in [1.82, 2.24) is 5.32 Å². The largest absolute Gasteiger partial charge is 0.480 e. The highest BCUT2D eigenvalue weighted by atomic mass is 35.5. The number of carbonyl (C=O) groups is 1. The molecular weight excluding hydrogens is 455 g/mol. The Bertz CT molecular complexity index is 1280. The van der Waals surface area contributed by atoms with Gasteiger partial charge in [0.15, 0.2) is 5.60 Å². The highest BCUT2D eigenvalue weighted by Crippen LogP contribution is 2.48. The number of ether oxygens (including phenoxy) is 2. The lowest BCUT2D eigenvalue weighted by Crippen LogP contribution is -2.45. The van der Waals surface area contributed by atoms with Gasteiger partial charge >= 0.3 is 6.09 Å². The summed E-state index contributed by atoms with van der Waals surface area (Å²) < 4.78 is 26.8. The molecule has 34 heavy (non-hydrogen) atoms. The van der Waals surface area contributed by atoms with Crippen molar-refractivity contribution in [3.8, 4) is 22.9 Å². The number of halogens is 2. The van der Waals surface area contributed by atoms with Gasteiger partial charge in [-0.3, -0.25) is 0 Å². The van der Waals surface area contributed by atoms with Crippen LogP contribution in [0.15, 0.2) is 60.7 Å². The van der Waals surface area contributed by atoms with Crippen LogP contribution >= 0.6 is 11.6 Å². The highest BCUT2D eigenvalue weighted by molar-refractivity contribution is 6.33. The standard InChI is InChI=1S/C27H24ClFN2O3/c1-26(2,3)34-25(32)31-16-27(18-9-5-4-6-10-18)14-19-22(33-27)13-12-20(28)24(19)23-17(15-30)8-7-11-21(23)29/h4-13H,14,16H2,1-3H3,(H,31,32). The number of fused-ring (bicyclic) bond motifs is 1. The number of nitriles is 1. The average molecular weight is 479 g/mol. The number of hydrogen-bond donors (Lipinski definition) is 1. The second-order valence-electron chi connectivity index (χ2n) is 9.17. The van der Waals surface area contributed by atoms with E-state index in [9.17, 15) is 14.4 Å². The van der Waals surface area contributed by atoms with Crippen molar-refractivity contribution in [2.75, 3.05) is 6.54 Å². The summed E-state index contributed by atoms with van der Waals surface area (Å²) in [5.41, 5.74) is 0.616. The zero-order valence-electron chi connectivity index (χ0n) is 19.1. The van der Waals surface area contributed by atoms with Gasteiger partial charge in [-0.05, 0) is 50.6 Å². The fraction of sp³-hybridized carbons (Fsp3) is 0.259. The second-order valence-corrected chi connectivity index (χ2v) is 9.58. The third kappa shape index (κ3) is 4.57. The fourth-order valence-electron chi connectivity index (χ4n) is 4.18. The minimum absolute atomic E-state index is 0.111. The Kier molecular flexibility index (Phi) is 6.24. The normalized spacial score (nSPS) is 16.8. The first kappa shape index (κ1) is 23.6. The number of rotatable bonds is 4. The van der Waals surface area contributed by atoms with Gasteiger partial charge < -0.3 is 14.8 Å². The number of alkyl carbamates (subject to hydrolysis) is 1. The number of nitrogens with zero attached hydrogens (tertiary/aromatic N) is 1. The number of hydrogen-bond acceptors (Lipinski definition) is 4. The number of carbonyl (C=O) groups excluding carboxylic acids is 1. The molecule has 1 aliphatic rings. The van der Waals surface area contributed by atoms with Crippen molar-refractivity contribution in [2.24, 2.45) is 0 Å². The molecule has 0 spiro atoms. The number of benzene rings is 3. The van der Waals surface area contributed by atoms with Gasteiger partial charge in [0, 0.05) is 28.1 Å². The SMILES string of the molecule is CC(C)(C)OC(=O)NCC1(c2ccccc2)Cc2c(ccc(Cl)c2-c2c(F)cccc2C#N)O1. The first-order valence-corrected chi connectivity index (χ1v) is 11.2. The molecule has 0 fully saturated rings. The topological polar surface area (TPSA) is 71.3 Å². The van der Waals surface area contributed by atoms with E-state index in [1.165, 1.54) is 12.1 Å². The van der Waals surface area contributed by atoms with Crippen LogP contribution in [0.1, 0.15) is 37.5 Å². The molecule has 1 unspecified atom stereocenters. The van der Waals surface area contributed by atoms with Crippen molar-refractivity contribution in [3.05, 3.63) is 88.2 Å². The summed E-state index contributed by atoms with van der Waals surface area (Å²) in [6, 6.07) is 19.2. The molecule has 0 aliphatic carbocycles. The minimum atomic E-state index is -0.974. The van der Waals surface area contributed by atoms with Crippen LogP contribution in [0.4, 0.5) is 9.18 Å². The van der Waals surface area contributed by atoms with E-state index in [1.54, 1.807) is 39.0 Å². The number of amides is 1. The Morgan fingerprint density at radius 3 is 2.56 bits per heavy atom. The van der Waals surface area contributed by atoms with E-state index in [0.717, 1.165) is 5.56 Å². The Hall–Kier alpha value is -3.56. The molecule has 1 atom stereocenters. The minimum Gasteiger partial charge on any atom is -0.480 e. The zero-order chi connectivity index (χ0) is 24.5.